The van der Waals surface area contributed by atoms with Crippen molar-refractivity contribution in [1.82, 2.24) is 5.32 Å². The number of carbonyl (C=O) groups is 2. The molecule has 0 aliphatic heterocycles. The number of nitrogens with one attached hydrogen (secondary N) is 1. The van der Waals surface area contributed by atoms with Crippen LogP contribution in [0.2, 0.25) is 0 Å². The van der Waals surface area contributed by atoms with Crippen LogP contribution in [-0.2, 0) is 28.5 Å². The third-order valence-corrected chi connectivity index (χ3v) is 2.81. The van der Waals surface area contributed by atoms with E-state index >= 15 is 0 Å². The van der Waals surface area contributed by atoms with Gasteiger partial charge in [-0.3, -0.25) is 9.59 Å². The highest BCUT2D eigenvalue weighted by Crippen LogP contribution is 1.92. The molecule has 0 fully saturated rings. The predicted octanol–water partition coefficient (Wildman–Crippen LogP) is -0.155. The van der Waals surface area contributed by atoms with Crippen LogP contribution in [-0.4, -0.2) is 71.7 Å². The number of ether oxygens (including phenoxy) is 4. The molecule has 0 radical (unpaired) electrons. The third kappa shape index (κ3) is 17.0. The first-order valence-electron chi connectivity index (χ1n) is 7.97. The Hall–Kier alpha value is -1.22. The minimum absolute atomic E-state index is 0.103. The highest BCUT2D eigenvalue weighted by molar-refractivity contribution is 5.81. The van der Waals surface area contributed by atoms with E-state index in [2.05, 4.69) is 10.1 Å². The van der Waals surface area contributed by atoms with E-state index in [0.717, 1.165) is 6.42 Å². The van der Waals surface area contributed by atoms with Crippen LogP contribution in [0.3, 0.4) is 0 Å². The highest BCUT2D eigenvalue weighted by atomic mass is 16.5. The van der Waals surface area contributed by atoms with Gasteiger partial charge in [-0.15, -0.1) is 0 Å². The number of rotatable bonds is 16. The average Bonchev–Trinajstić information content (AvgIpc) is 2.56. The molecule has 0 unspecified atom stereocenters. The Labute approximate surface area is 138 Å². The molecule has 0 aliphatic rings. The Balaban J connectivity index is 3.15. The standard InChI is InChI=1S/C15H30N2O6/c1-20-15(19)5-4-14(18)17-7-3-9-22-11-13-23-12-10-21-8-2-6-16/h2-13,16H2,1H3,(H,17,18). The van der Waals surface area contributed by atoms with Crippen molar-refractivity contribution in [3.05, 3.63) is 0 Å². The number of amides is 1. The normalized spacial score (nSPS) is 10.5. The molecule has 0 aromatic rings. The number of hydrogen-bond donors (Lipinski definition) is 2. The Morgan fingerprint density at radius 3 is 2.00 bits per heavy atom. The molecule has 8 nitrogen and oxygen atoms in total. The number of esters is 1. The van der Waals surface area contributed by atoms with Gasteiger partial charge in [-0.05, 0) is 19.4 Å². The lowest BCUT2D eigenvalue weighted by molar-refractivity contribution is -0.142. The zero-order valence-electron chi connectivity index (χ0n) is 14.0. The molecule has 0 spiro atoms. The maximum absolute atomic E-state index is 11.4. The van der Waals surface area contributed by atoms with E-state index in [-0.39, 0.29) is 24.7 Å². The average molecular weight is 334 g/mol. The summed E-state index contributed by atoms with van der Waals surface area (Å²) >= 11 is 0. The number of hydrogen-bond acceptors (Lipinski definition) is 7. The first-order chi connectivity index (χ1) is 11.2. The van der Waals surface area contributed by atoms with Gasteiger partial charge in [0.1, 0.15) is 0 Å². The summed E-state index contributed by atoms with van der Waals surface area (Å²) in [6.45, 7) is 4.53. The first kappa shape index (κ1) is 21.8. The van der Waals surface area contributed by atoms with Crippen molar-refractivity contribution in [1.29, 1.82) is 0 Å². The van der Waals surface area contributed by atoms with E-state index in [1.54, 1.807) is 0 Å². The Morgan fingerprint density at radius 1 is 0.870 bits per heavy atom. The van der Waals surface area contributed by atoms with E-state index in [1.807, 2.05) is 0 Å². The van der Waals surface area contributed by atoms with Gasteiger partial charge < -0.3 is 30.0 Å². The lowest BCUT2D eigenvalue weighted by Gasteiger charge is -2.07. The van der Waals surface area contributed by atoms with Gasteiger partial charge in [0.2, 0.25) is 5.91 Å². The minimum atomic E-state index is -0.381. The second-order valence-corrected chi connectivity index (χ2v) is 4.76. The zero-order valence-corrected chi connectivity index (χ0v) is 14.0. The summed E-state index contributed by atoms with van der Waals surface area (Å²) in [6.07, 6.45) is 1.83. The molecule has 0 aromatic heterocycles. The molecule has 0 heterocycles. The van der Waals surface area contributed by atoms with E-state index < -0.39 is 0 Å². The molecule has 0 rings (SSSR count). The van der Waals surface area contributed by atoms with Crippen molar-refractivity contribution in [2.45, 2.75) is 25.7 Å². The van der Waals surface area contributed by atoms with Gasteiger partial charge in [-0.25, -0.2) is 0 Å². The molecular weight excluding hydrogens is 304 g/mol. The predicted molar refractivity (Wildman–Crippen MR) is 85.0 cm³/mol. The third-order valence-electron chi connectivity index (χ3n) is 2.81. The van der Waals surface area contributed by atoms with Gasteiger partial charge in [-0.1, -0.05) is 0 Å². The first-order valence-corrected chi connectivity index (χ1v) is 7.97. The van der Waals surface area contributed by atoms with Crippen LogP contribution in [0.15, 0.2) is 0 Å². The fraction of sp³-hybridized carbons (Fsp3) is 0.867. The lowest BCUT2D eigenvalue weighted by atomic mass is 10.3. The van der Waals surface area contributed by atoms with Gasteiger partial charge in [0.15, 0.2) is 0 Å². The van der Waals surface area contributed by atoms with Crippen molar-refractivity contribution < 1.29 is 28.5 Å². The van der Waals surface area contributed by atoms with Gasteiger partial charge in [0.05, 0.1) is 40.0 Å². The maximum Gasteiger partial charge on any atom is 0.306 e. The molecule has 0 saturated carbocycles. The van der Waals surface area contributed by atoms with Gasteiger partial charge >= 0.3 is 5.97 Å². The Bertz CT molecular complexity index is 302. The molecule has 0 aromatic carbocycles. The van der Waals surface area contributed by atoms with Crippen LogP contribution in [0, 0.1) is 0 Å². The maximum atomic E-state index is 11.4. The van der Waals surface area contributed by atoms with Crippen LogP contribution < -0.4 is 11.1 Å². The van der Waals surface area contributed by atoms with Gasteiger partial charge in [0.25, 0.3) is 0 Å². The molecule has 23 heavy (non-hydrogen) atoms. The molecular formula is C15H30N2O6. The molecule has 3 N–H and O–H groups in total. The van der Waals surface area contributed by atoms with Crippen molar-refractivity contribution in [3.8, 4) is 0 Å². The van der Waals surface area contributed by atoms with E-state index in [0.29, 0.717) is 59.2 Å². The smallest absolute Gasteiger partial charge is 0.306 e. The lowest BCUT2D eigenvalue weighted by Crippen LogP contribution is -2.25. The summed E-state index contributed by atoms with van der Waals surface area (Å²) in [5, 5.41) is 2.71. The topological polar surface area (TPSA) is 109 Å². The van der Waals surface area contributed by atoms with Crippen LogP contribution in [0.5, 0.6) is 0 Å². The number of nitrogens with two attached hydrogens (primary N) is 1. The Kier molecular flexibility index (Phi) is 16.2. The SMILES string of the molecule is COC(=O)CCC(=O)NCCCOCCOCCOCCCN. The fourth-order valence-electron chi connectivity index (χ4n) is 1.54. The van der Waals surface area contributed by atoms with Gasteiger partial charge in [-0.2, -0.15) is 0 Å². The van der Waals surface area contributed by atoms with Crippen molar-refractivity contribution >= 4 is 11.9 Å². The van der Waals surface area contributed by atoms with E-state index in [1.165, 1.54) is 7.11 Å². The zero-order chi connectivity index (χ0) is 17.2. The minimum Gasteiger partial charge on any atom is -0.469 e. The summed E-state index contributed by atoms with van der Waals surface area (Å²) in [7, 11) is 1.30. The molecule has 1 amide bonds. The highest BCUT2D eigenvalue weighted by Gasteiger charge is 2.05. The van der Waals surface area contributed by atoms with Crippen LogP contribution in [0.25, 0.3) is 0 Å². The summed E-state index contributed by atoms with van der Waals surface area (Å²) in [4.78, 5) is 22.2. The van der Waals surface area contributed by atoms with E-state index in [9.17, 15) is 9.59 Å². The summed E-state index contributed by atoms with van der Waals surface area (Å²) in [5.74, 6) is -0.540. The van der Waals surface area contributed by atoms with Crippen LogP contribution in [0.4, 0.5) is 0 Å². The molecule has 0 saturated heterocycles. The summed E-state index contributed by atoms with van der Waals surface area (Å²) in [6, 6.07) is 0. The van der Waals surface area contributed by atoms with Crippen molar-refractivity contribution in [2.75, 3.05) is 59.8 Å². The number of methoxy groups -OCH3 is 1. The van der Waals surface area contributed by atoms with Crippen LogP contribution >= 0.6 is 0 Å². The molecule has 0 bridgehead atoms. The Morgan fingerprint density at radius 2 is 1.43 bits per heavy atom. The fourth-order valence-corrected chi connectivity index (χ4v) is 1.54. The van der Waals surface area contributed by atoms with Crippen molar-refractivity contribution in [3.63, 3.8) is 0 Å². The van der Waals surface area contributed by atoms with E-state index in [4.69, 9.17) is 19.9 Å². The number of carbonyl (C=O) groups excluding carboxylic acids is 2. The monoisotopic (exact) mass is 334 g/mol. The second-order valence-electron chi connectivity index (χ2n) is 4.76. The van der Waals surface area contributed by atoms with Gasteiger partial charge in [0, 0.05) is 26.2 Å². The largest absolute Gasteiger partial charge is 0.469 e. The summed E-state index contributed by atoms with van der Waals surface area (Å²) in [5.41, 5.74) is 5.34. The van der Waals surface area contributed by atoms with Crippen molar-refractivity contribution in [2.24, 2.45) is 5.73 Å². The molecule has 8 heteroatoms. The molecule has 136 valence electrons. The second kappa shape index (κ2) is 17.1. The summed E-state index contributed by atoms with van der Waals surface area (Å²) < 4.78 is 20.4. The molecule has 0 aliphatic carbocycles. The molecule has 0 atom stereocenters. The van der Waals surface area contributed by atoms with Crippen LogP contribution in [0.1, 0.15) is 25.7 Å². The quantitative estimate of drug-likeness (QED) is 0.298.